The molecule has 0 unspecified atom stereocenters. The first-order chi connectivity index (χ1) is 8.24. The summed E-state index contributed by atoms with van der Waals surface area (Å²) in [6.45, 7) is 3.71. The third kappa shape index (κ3) is 7.26. The molecule has 0 aromatic heterocycles. The van der Waals surface area contributed by atoms with E-state index in [1.54, 1.807) is 13.8 Å². The fourth-order valence-corrected chi connectivity index (χ4v) is 0.582. The van der Waals surface area contributed by atoms with Crippen LogP contribution in [0.3, 0.4) is 0 Å². The van der Waals surface area contributed by atoms with Crippen molar-refractivity contribution in [2.24, 2.45) is 0 Å². The molecule has 17 heavy (non-hydrogen) atoms. The molecule has 0 aliphatic heterocycles. The third-order valence-corrected chi connectivity index (χ3v) is 1.08. The van der Waals surface area contributed by atoms with E-state index in [2.05, 4.69) is 54.9 Å². The van der Waals surface area contributed by atoms with E-state index in [-0.39, 0.29) is 13.2 Å². The van der Waals surface area contributed by atoms with Crippen molar-refractivity contribution in [2.75, 3.05) is 20.3 Å². The molecule has 0 rings (SSSR count). The fourth-order valence-electron chi connectivity index (χ4n) is 0.540. The lowest BCUT2D eigenvalue weighted by atomic mass is 10.9. The lowest BCUT2D eigenvalue weighted by molar-refractivity contribution is -0.726. The third-order valence-electron chi connectivity index (χ3n) is 0.979. The maximum atomic E-state index is 4.64. The van der Waals surface area contributed by atoms with Crippen LogP contribution in [-0.4, -0.2) is 36.7 Å². The molecule has 0 fully saturated rings. The zero-order valence-corrected chi connectivity index (χ0v) is 10.7. The molecule has 97 valence electrons. The Morgan fingerprint density at radius 2 is 1.59 bits per heavy atom. The summed E-state index contributed by atoms with van der Waals surface area (Å²) in [6.07, 6.45) is -0.259. The highest BCUT2D eigenvalue weighted by atomic mass is 28.1. The highest BCUT2D eigenvalue weighted by molar-refractivity contribution is 6.22. The molecule has 8 nitrogen and oxygen atoms in total. The summed E-state index contributed by atoms with van der Waals surface area (Å²) in [4.78, 5) is 36.3. The van der Waals surface area contributed by atoms with Gasteiger partial charge in [-0.25, -0.2) is 14.7 Å². The molecule has 3 radical (unpaired) electrons. The minimum atomic E-state index is -2.31. The Bertz CT molecular complexity index is 229. The van der Waals surface area contributed by atoms with Crippen LogP contribution in [0.25, 0.3) is 0 Å². The van der Waals surface area contributed by atoms with Gasteiger partial charge >= 0.3 is 6.16 Å². The normalized spacial score (nSPS) is 10.8. The predicted octanol–water partition coefficient (Wildman–Crippen LogP) is 0.147. The van der Waals surface area contributed by atoms with E-state index < -0.39 is 6.16 Å². The maximum Gasteiger partial charge on any atom is 0.529 e. The van der Waals surface area contributed by atoms with Gasteiger partial charge < -0.3 is 0 Å². The van der Waals surface area contributed by atoms with Gasteiger partial charge in [-0.1, -0.05) is 10.4 Å². The van der Waals surface area contributed by atoms with Crippen molar-refractivity contribution in [3.63, 3.8) is 0 Å². The molecule has 0 saturated heterocycles. The van der Waals surface area contributed by atoms with Gasteiger partial charge in [-0.15, -0.1) is 14.7 Å². The molecule has 9 heteroatoms. The van der Waals surface area contributed by atoms with Crippen molar-refractivity contribution in [3.8, 4) is 11.7 Å². The van der Waals surface area contributed by atoms with Gasteiger partial charge in [0.2, 0.25) is 0 Å². The van der Waals surface area contributed by atoms with Crippen LogP contribution >= 0.6 is 0 Å². The Kier molecular flexibility index (Phi) is 10.0. The van der Waals surface area contributed by atoms with Gasteiger partial charge in [-0.05, 0) is 13.8 Å². The Morgan fingerprint density at radius 3 is 2.00 bits per heavy atom. The van der Waals surface area contributed by atoms with E-state index in [4.69, 9.17) is 0 Å². The molecule has 0 aromatic carbocycles. The first-order valence-corrected chi connectivity index (χ1v) is 5.09. The summed E-state index contributed by atoms with van der Waals surface area (Å²) in [5, 5.41) is 0. The van der Waals surface area contributed by atoms with E-state index in [1.807, 2.05) is 6.11 Å². The standard InChI is InChI=1S/C8H13O8Si/c1-4-10-14-8(13-9-3,15-11-5-2)16-12-6-7-17/h4-5H2,1-3H3. The van der Waals surface area contributed by atoms with Crippen LogP contribution in [0.1, 0.15) is 13.8 Å². The Balaban J connectivity index is 4.46. The molecule has 0 aromatic rings. The molecule has 0 amide bonds. The Morgan fingerprint density at radius 1 is 1.00 bits per heavy atom. The zero-order chi connectivity index (χ0) is 13.0. The summed E-state index contributed by atoms with van der Waals surface area (Å²) >= 11 is 0. The number of rotatable bonds is 10. The van der Waals surface area contributed by atoms with Gasteiger partial charge in [0.15, 0.2) is 10.2 Å². The summed E-state index contributed by atoms with van der Waals surface area (Å²) in [5.74, 6) is 0. The van der Waals surface area contributed by atoms with Crippen LogP contribution in [-0.2, 0) is 39.1 Å². The summed E-state index contributed by atoms with van der Waals surface area (Å²) in [7, 11) is 4.02. The van der Waals surface area contributed by atoms with Crippen molar-refractivity contribution >= 4 is 10.2 Å². The average molecular weight is 265 g/mol. The van der Waals surface area contributed by atoms with Crippen molar-refractivity contribution in [2.45, 2.75) is 20.0 Å². The minimum absolute atomic E-state index is 0.192. The first-order valence-electron chi connectivity index (χ1n) is 4.59. The summed E-state index contributed by atoms with van der Waals surface area (Å²) < 4.78 is 0. The van der Waals surface area contributed by atoms with E-state index in [0.717, 1.165) is 0 Å². The van der Waals surface area contributed by atoms with Gasteiger partial charge in [-0.2, -0.15) is 0 Å². The smallest absolute Gasteiger partial charge is 0.275 e. The van der Waals surface area contributed by atoms with E-state index in [0.29, 0.717) is 0 Å². The Hall–Kier alpha value is -0.703. The molecule has 0 atom stereocenters. The highest BCUT2D eigenvalue weighted by Gasteiger charge is 2.44. The van der Waals surface area contributed by atoms with Gasteiger partial charge in [0.25, 0.3) is 0 Å². The molecular weight excluding hydrogens is 252 g/mol. The van der Waals surface area contributed by atoms with Crippen LogP contribution in [0.15, 0.2) is 0 Å². The first kappa shape index (κ1) is 16.3. The molecule has 0 saturated carbocycles. The monoisotopic (exact) mass is 265 g/mol. The minimum Gasteiger partial charge on any atom is -0.275 e. The average Bonchev–Trinajstić information content (AvgIpc) is 2.34. The SMILES string of the molecule is CCOOC(OOC)(OOC#C[Si])OOCC. The van der Waals surface area contributed by atoms with E-state index >= 15 is 0 Å². The number of hydrogen-bond acceptors (Lipinski definition) is 8. The topological polar surface area (TPSA) is 73.8 Å². The number of hydrogen-bond donors (Lipinski definition) is 0. The van der Waals surface area contributed by atoms with Crippen LogP contribution in [0, 0.1) is 11.7 Å². The zero-order valence-electron chi connectivity index (χ0n) is 9.68. The largest absolute Gasteiger partial charge is 0.529 e. The second kappa shape index (κ2) is 10.5. The van der Waals surface area contributed by atoms with Crippen LogP contribution in [0.4, 0.5) is 0 Å². The summed E-state index contributed by atoms with van der Waals surface area (Å²) in [6, 6.07) is 0. The quantitative estimate of drug-likeness (QED) is 0.182. The lowest BCUT2D eigenvalue weighted by Gasteiger charge is -2.23. The van der Waals surface area contributed by atoms with Crippen molar-refractivity contribution in [3.05, 3.63) is 0 Å². The molecule has 0 N–H and O–H groups in total. The van der Waals surface area contributed by atoms with Gasteiger partial charge in [-0.3, -0.25) is 4.89 Å². The second-order valence-electron chi connectivity index (χ2n) is 2.12. The van der Waals surface area contributed by atoms with Gasteiger partial charge in [0.1, 0.15) is 6.11 Å². The molecule has 0 heterocycles. The van der Waals surface area contributed by atoms with Crippen LogP contribution in [0.5, 0.6) is 0 Å². The molecule has 0 bridgehead atoms. The van der Waals surface area contributed by atoms with Gasteiger partial charge in [0.05, 0.1) is 20.3 Å². The van der Waals surface area contributed by atoms with Crippen LogP contribution in [0.2, 0.25) is 0 Å². The van der Waals surface area contributed by atoms with E-state index in [1.165, 1.54) is 7.11 Å². The molecular formula is C8H13O8Si. The maximum absolute atomic E-state index is 4.64. The van der Waals surface area contributed by atoms with E-state index in [9.17, 15) is 0 Å². The summed E-state index contributed by atoms with van der Waals surface area (Å²) in [5.41, 5.74) is 2.21. The van der Waals surface area contributed by atoms with Crippen molar-refractivity contribution in [1.82, 2.24) is 0 Å². The second-order valence-corrected chi connectivity index (χ2v) is 2.37. The predicted molar refractivity (Wildman–Crippen MR) is 51.9 cm³/mol. The highest BCUT2D eigenvalue weighted by Crippen LogP contribution is 2.19. The molecule has 0 aliphatic carbocycles. The molecule has 0 aliphatic rings. The van der Waals surface area contributed by atoms with Crippen molar-refractivity contribution < 1.29 is 39.1 Å². The lowest BCUT2D eigenvalue weighted by Crippen LogP contribution is -2.42. The van der Waals surface area contributed by atoms with Crippen molar-refractivity contribution in [1.29, 1.82) is 0 Å². The molecule has 0 spiro atoms. The fraction of sp³-hybridized carbons (Fsp3) is 0.750. The Labute approximate surface area is 102 Å². The van der Waals surface area contributed by atoms with Crippen LogP contribution < -0.4 is 0 Å². The van der Waals surface area contributed by atoms with Gasteiger partial charge in [0, 0.05) is 0 Å².